The van der Waals surface area contributed by atoms with Crippen LogP contribution in [0.2, 0.25) is 0 Å². The standard InChI is InChI=1S/C8H13N3O4/c1-15-3-2-9-6(12)4-5-7(13)11-8(14)10-5/h5H,2-4H2,1H3,(H,9,12)(H2,10,11,13,14). The molecule has 0 aliphatic carbocycles. The van der Waals surface area contributed by atoms with Gasteiger partial charge in [-0.15, -0.1) is 0 Å². The Kier molecular flexibility index (Phi) is 4.04. The number of carbonyl (C=O) groups is 3. The summed E-state index contributed by atoms with van der Waals surface area (Å²) in [7, 11) is 1.52. The molecule has 3 N–H and O–H groups in total. The lowest BCUT2D eigenvalue weighted by molar-refractivity contribution is -0.126. The molecule has 1 saturated heterocycles. The van der Waals surface area contributed by atoms with E-state index in [9.17, 15) is 14.4 Å². The minimum absolute atomic E-state index is 0.0543. The molecular formula is C8H13N3O4. The predicted molar refractivity (Wildman–Crippen MR) is 50.0 cm³/mol. The van der Waals surface area contributed by atoms with Crippen LogP contribution in [0.25, 0.3) is 0 Å². The van der Waals surface area contributed by atoms with Crippen LogP contribution in [-0.2, 0) is 14.3 Å². The van der Waals surface area contributed by atoms with Crippen molar-refractivity contribution in [1.82, 2.24) is 16.0 Å². The Labute approximate surface area is 86.5 Å². The van der Waals surface area contributed by atoms with Crippen LogP contribution in [0.3, 0.4) is 0 Å². The SMILES string of the molecule is COCCNC(=O)CC1NC(=O)NC1=O. The van der Waals surface area contributed by atoms with Gasteiger partial charge in [0.1, 0.15) is 6.04 Å². The van der Waals surface area contributed by atoms with Crippen LogP contribution in [0.15, 0.2) is 0 Å². The Morgan fingerprint density at radius 2 is 2.27 bits per heavy atom. The lowest BCUT2D eigenvalue weighted by atomic mass is 10.2. The first kappa shape index (κ1) is 11.4. The summed E-state index contributed by atoms with van der Waals surface area (Å²) in [4.78, 5) is 33.0. The molecule has 1 atom stereocenters. The third kappa shape index (κ3) is 3.55. The molecule has 1 fully saturated rings. The van der Waals surface area contributed by atoms with E-state index in [2.05, 4.69) is 10.6 Å². The van der Waals surface area contributed by atoms with Gasteiger partial charge in [0.15, 0.2) is 0 Å². The summed E-state index contributed by atoms with van der Waals surface area (Å²) in [5, 5.41) is 6.93. The second-order valence-electron chi connectivity index (χ2n) is 3.06. The zero-order chi connectivity index (χ0) is 11.3. The van der Waals surface area contributed by atoms with E-state index in [1.165, 1.54) is 7.11 Å². The number of imide groups is 1. The minimum Gasteiger partial charge on any atom is -0.383 e. The Bertz CT molecular complexity index is 279. The van der Waals surface area contributed by atoms with Crippen molar-refractivity contribution in [3.63, 3.8) is 0 Å². The number of rotatable bonds is 5. The van der Waals surface area contributed by atoms with Crippen LogP contribution in [0.1, 0.15) is 6.42 Å². The second-order valence-corrected chi connectivity index (χ2v) is 3.06. The van der Waals surface area contributed by atoms with E-state index in [0.29, 0.717) is 13.2 Å². The van der Waals surface area contributed by atoms with Crippen molar-refractivity contribution in [2.45, 2.75) is 12.5 Å². The first-order chi connectivity index (χ1) is 7.13. The Balaban J connectivity index is 2.26. The second kappa shape index (κ2) is 5.30. The van der Waals surface area contributed by atoms with Gasteiger partial charge < -0.3 is 15.4 Å². The zero-order valence-corrected chi connectivity index (χ0v) is 8.33. The highest BCUT2D eigenvalue weighted by molar-refractivity contribution is 6.05. The first-order valence-corrected chi connectivity index (χ1v) is 4.50. The number of hydrogen-bond donors (Lipinski definition) is 3. The van der Waals surface area contributed by atoms with Crippen LogP contribution in [0.5, 0.6) is 0 Å². The number of carbonyl (C=O) groups excluding carboxylic acids is 3. The molecule has 1 rings (SSSR count). The van der Waals surface area contributed by atoms with Crippen molar-refractivity contribution in [1.29, 1.82) is 0 Å². The van der Waals surface area contributed by atoms with Crippen molar-refractivity contribution < 1.29 is 19.1 Å². The van der Waals surface area contributed by atoms with E-state index < -0.39 is 18.0 Å². The topological polar surface area (TPSA) is 96.5 Å². The van der Waals surface area contributed by atoms with Crippen LogP contribution >= 0.6 is 0 Å². The van der Waals surface area contributed by atoms with Crippen molar-refractivity contribution in [3.8, 4) is 0 Å². The molecule has 1 heterocycles. The summed E-state index contributed by atoms with van der Waals surface area (Å²) in [6.07, 6.45) is -0.0543. The normalized spacial score (nSPS) is 19.7. The lowest BCUT2D eigenvalue weighted by Gasteiger charge is -2.07. The lowest BCUT2D eigenvalue weighted by Crippen LogP contribution is -2.37. The monoisotopic (exact) mass is 215 g/mol. The van der Waals surface area contributed by atoms with Crippen LogP contribution in [0, 0.1) is 0 Å². The molecule has 1 aliphatic heterocycles. The third-order valence-electron chi connectivity index (χ3n) is 1.88. The van der Waals surface area contributed by atoms with Crippen LogP contribution < -0.4 is 16.0 Å². The number of amides is 4. The molecule has 15 heavy (non-hydrogen) atoms. The van der Waals surface area contributed by atoms with Crippen molar-refractivity contribution in [3.05, 3.63) is 0 Å². The van der Waals surface area contributed by atoms with E-state index in [0.717, 1.165) is 0 Å². The number of ether oxygens (including phenoxy) is 1. The zero-order valence-electron chi connectivity index (χ0n) is 8.33. The van der Waals surface area contributed by atoms with Crippen molar-refractivity contribution in [2.24, 2.45) is 0 Å². The molecule has 0 aromatic rings. The molecule has 0 spiro atoms. The summed E-state index contributed by atoms with van der Waals surface area (Å²) < 4.78 is 4.74. The largest absolute Gasteiger partial charge is 0.383 e. The van der Waals surface area contributed by atoms with Gasteiger partial charge >= 0.3 is 6.03 Å². The van der Waals surface area contributed by atoms with Crippen molar-refractivity contribution >= 4 is 17.8 Å². The van der Waals surface area contributed by atoms with Gasteiger partial charge in [0.05, 0.1) is 13.0 Å². The highest BCUT2D eigenvalue weighted by Gasteiger charge is 2.30. The summed E-state index contributed by atoms with van der Waals surface area (Å²) in [6.45, 7) is 0.798. The Morgan fingerprint density at radius 3 is 2.80 bits per heavy atom. The first-order valence-electron chi connectivity index (χ1n) is 4.50. The van der Waals surface area contributed by atoms with Gasteiger partial charge in [-0.05, 0) is 0 Å². The van der Waals surface area contributed by atoms with Crippen molar-refractivity contribution in [2.75, 3.05) is 20.3 Å². The molecule has 1 aliphatic rings. The maximum Gasteiger partial charge on any atom is 0.322 e. The smallest absolute Gasteiger partial charge is 0.322 e. The predicted octanol–water partition coefficient (Wildman–Crippen LogP) is -1.65. The molecule has 0 aromatic heterocycles. The van der Waals surface area contributed by atoms with Crippen LogP contribution in [0.4, 0.5) is 4.79 Å². The van der Waals surface area contributed by atoms with Crippen LogP contribution in [-0.4, -0.2) is 44.1 Å². The number of methoxy groups -OCH3 is 1. The van der Waals surface area contributed by atoms with E-state index >= 15 is 0 Å². The Morgan fingerprint density at radius 1 is 1.53 bits per heavy atom. The molecule has 0 saturated carbocycles. The number of urea groups is 1. The molecule has 1 unspecified atom stereocenters. The molecule has 4 amide bonds. The molecule has 7 heteroatoms. The van der Waals surface area contributed by atoms with E-state index in [-0.39, 0.29) is 12.3 Å². The summed E-state index contributed by atoms with van der Waals surface area (Å²) in [5.74, 6) is -0.767. The highest BCUT2D eigenvalue weighted by atomic mass is 16.5. The fourth-order valence-corrected chi connectivity index (χ4v) is 1.15. The average Bonchev–Trinajstić information content (AvgIpc) is 2.45. The highest BCUT2D eigenvalue weighted by Crippen LogP contribution is 1.98. The maximum absolute atomic E-state index is 11.2. The molecular weight excluding hydrogens is 202 g/mol. The average molecular weight is 215 g/mol. The maximum atomic E-state index is 11.2. The van der Waals surface area contributed by atoms with E-state index in [4.69, 9.17) is 4.74 Å². The van der Waals surface area contributed by atoms with E-state index in [1.54, 1.807) is 0 Å². The van der Waals surface area contributed by atoms with Gasteiger partial charge in [-0.25, -0.2) is 4.79 Å². The molecule has 84 valence electrons. The molecule has 7 nitrogen and oxygen atoms in total. The number of hydrogen-bond acceptors (Lipinski definition) is 4. The Hall–Kier alpha value is -1.63. The summed E-state index contributed by atoms with van der Waals surface area (Å²) in [5.41, 5.74) is 0. The molecule has 0 radical (unpaired) electrons. The van der Waals surface area contributed by atoms with Gasteiger partial charge in [-0.1, -0.05) is 0 Å². The van der Waals surface area contributed by atoms with Gasteiger partial charge in [-0.3, -0.25) is 14.9 Å². The molecule has 0 bridgehead atoms. The quantitative estimate of drug-likeness (QED) is 0.378. The fourth-order valence-electron chi connectivity index (χ4n) is 1.15. The van der Waals surface area contributed by atoms with Gasteiger partial charge in [0, 0.05) is 13.7 Å². The van der Waals surface area contributed by atoms with Gasteiger partial charge in [0.25, 0.3) is 5.91 Å². The summed E-state index contributed by atoms with van der Waals surface area (Å²) >= 11 is 0. The molecule has 0 aromatic carbocycles. The summed E-state index contributed by atoms with van der Waals surface area (Å²) in [6, 6.07) is -1.32. The number of nitrogens with one attached hydrogen (secondary N) is 3. The van der Waals surface area contributed by atoms with Gasteiger partial charge in [-0.2, -0.15) is 0 Å². The third-order valence-corrected chi connectivity index (χ3v) is 1.88. The van der Waals surface area contributed by atoms with Gasteiger partial charge in [0.2, 0.25) is 5.91 Å². The minimum atomic E-state index is -0.764. The fraction of sp³-hybridized carbons (Fsp3) is 0.625. The van der Waals surface area contributed by atoms with E-state index in [1.807, 2.05) is 5.32 Å².